The van der Waals surface area contributed by atoms with Crippen LogP contribution >= 0.6 is 0 Å². The lowest BCUT2D eigenvalue weighted by molar-refractivity contribution is 0.0651. The van der Waals surface area contributed by atoms with Crippen molar-refractivity contribution in [3.63, 3.8) is 0 Å². The van der Waals surface area contributed by atoms with Gasteiger partial charge in [-0.3, -0.25) is 4.90 Å². The summed E-state index contributed by atoms with van der Waals surface area (Å²) in [5.74, 6) is 0.639. The average molecular weight is 242 g/mol. The van der Waals surface area contributed by atoms with Gasteiger partial charge in [0.2, 0.25) is 0 Å². The summed E-state index contributed by atoms with van der Waals surface area (Å²) in [7, 11) is 0. The van der Waals surface area contributed by atoms with E-state index in [2.05, 4.69) is 44.8 Å². The van der Waals surface area contributed by atoms with E-state index in [1.165, 1.54) is 0 Å². The van der Waals surface area contributed by atoms with Crippen molar-refractivity contribution in [2.24, 2.45) is 11.3 Å². The Bertz CT molecular complexity index is 211. The first-order valence-corrected chi connectivity index (χ1v) is 6.93. The maximum absolute atomic E-state index is 5.66. The first kappa shape index (κ1) is 14.9. The molecule has 1 heterocycles. The highest BCUT2D eigenvalue weighted by Gasteiger charge is 2.28. The number of hydrogen-bond acceptors (Lipinski definition) is 3. The SMILES string of the molecule is CC(C)COCCN1CCNC(C(C)(C)C)C1. The van der Waals surface area contributed by atoms with E-state index >= 15 is 0 Å². The third kappa shape index (κ3) is 5.84. The van der Waals surface area contributed by atoms with Gasteiger partial charge in [-0.15, -0.1) is 0 Å². The summed E-state index contributed by atoms with van der Waals surface area (Å²) >= 11 is 0. The minimum absolute atomic E-state index is 0.345. The number of nitrogens with one attached hydrogen (secondary N) is 1. The normalized spacial score (nSPS) is 23.3. The molecule has 3 heteroatoms. The fourth-order valence-corrected chi connectivity index (χ4v) is 2.11. The highest BCUT2D eigenvalue weighted by atomic mass is 16.5. The molecular formula is C14H30N2O. The molecule has 0 radical (unpaired) electrons. The Balaban J connectivity index is 2.21. The van der Waals surface area contributed by atoms with Crippen molar-refractivity contribution in [2.75, 3.05) is 39.4 Å². The number of ether oxygens (including phenoxy) is 1. The molecular weight excluding hydrogens is 212 g/mol. The van der Waals surface area contributed by atoms with E-state index in [1.54, 1.807) is 0 Å². The van der Waals surface area contributed by atoms with E-state index in [4.69, 9.17) is 4.74 Å². The van der Waals surface area contributed by atoms with Crippen LogP contribution in [0.25, 0.3) is 0 Å². The quantitative estimate of drug-likeness (QED) is 0.746. The molecule has 1 aliphatic rings. The largest absolute Gasteiger partial charge is 0.380 e. The van der Waals surface area contributed by atoms with Gasteiger partial charge in [0.15, 0.2) is 0 Å². The Hall–Kier alpha value is -0.120. The van der Waals surface area contributed by atoms with Crippen LogP contribution in [0.15, 0.2) is 0 Å². The molecule has 1 N–H and O–H groups in total. The molecule has 0 aliphatic carbocycles. The summed E-state index contributed by atoms with van der Waals surface area (Å²) in [6.07, 6.45) is 0. The monoisotopic (exact) mass is 242 g/mol. The summed E-state index contributed by atoms with van der Waals surface area (Å²) in [5, 5.41) is 3.62. The first-order chi connectivity index (χ1) is 7.89. The van der Waals surface area contributed by atoms with Crippen LogP contribution in [0.2, 0.25) is 0 Å². The number of hydrogen-bond donors (Lipinski definition) is 1. The zero-order chi connectivity index (χ0) is 12.9. The summed E-state index contributed by atoms with van der Waals surface area (Å²) < 4.78 is 5.66. The van der Waals surface area contributed by atoms with E-state index < -0.39 is 0 Å². The third-order valence-electron chi connectivity index (χ3n) is 3.31. The van der Waals surface area contributed by atoms with Crippen molar-refractivity contribution in [3.8, 4) is 0 Å². The van der Waals surface area contributed by atoms with Gasteiger partial charge in [0.25, 0.3) is 0 Å². The van der Waals surface area contributed by atoms with Crippen molar-refractivity contribution < 1.29 is 4.74 Å². The van der Waals surface area contributed by atoms with Gasteiger partial charge in [-0.2, -0.15) is 0 Å². The van der Waals surface area contributed by atoms with Gasteiger partial charge in [0.1, 0.15) is 0 Å². The molecule has 0 saturated carbocycles. The predicted molar refractivity (Wildman–Crippen MR) is 73.3 cm³/mol. The number of nitrogens with zero attached hydrogens (tertiary/aromatic N) is 1. The van der Waals surface area contributed by atoms with Crippen LogP contribution in [0.1, 0.15) is 34.6 Å². The van der Waals surface area contributed by atoms with Gasteiger partial charge in [-0.1, -0.05) is 34.6 Å². The molecule has 1 saturated heterocycles. The molecule has 0 amide bonds. The Kier molecular flexibility index (Phi) is 5.90. The van der Waals surface area contributed by atoms with Gasteiger partial charge in [0, 0.05) is 38.8 Å². The molecule has 0 aromatic rings. The van der Waals surface area contributed by atoms with Gasteiger partial charge in [-0.05, 0) is 11.3 Å². The minimum Gasteiger partial charge on any atom is -0.380 e. The van der Waals surface area contributed by atoms with Crippen LogP contribution in [-0.4, -0.2) is 50.3 Å². The smallest absolute Gasteiger partial charge is 0.0593 e. The van der Waals surface area contributed by atoms with Gasteiger partial charge in [-0.25, -0.2) is 0 Å². The lowest BCUT2D eigenvalue weighted by atomic mass is 9.85. The van der Waals surface area contributed by atoms with Crippen LogP contribution < -0.4 is 5.32 Å². The van der Waals surface area contributed by atoms with Crippen LogP contribution in [0.3, 0.4) is 0 Å². The van der Waals surface area contributed by atoms with Crippen molar-refractivity contribution in [2.45, 2.75) is 40.7 Å². The molecule has 17 heavy (non-hydrogen) atoms. The fraction of sp³-hybridized carbons (Fsp3) is 1.00. The summed E-state index contributed by atoms with van der Waals surface area (Å²) in [5.41, 5.74) is 0.345. The van der Waals surface area contributed by atoms with Crippen molar-refractivity contribution in [1.82, 2.24) is 10.2 Å². The Labute approximate surface area is 107 Å². The second-order valence-corrected chi connectivity index (χ2v) is 6.64. The average Bonchev–Trinajstić information content (AvgIpc) is 2.23. The maximum Gasteiger partial charge on any atom is 0.0593 e. The Morgan fingerprint density at radius 2 is 2.06 bits per heavy atom. The first-order valence-electron chi connectivity index (χ1n) is 6.93. The molecule has 3 nitrogen and oxygen atoms in total. The number of piperazine rings is 1. The van der Waals surface area contributed by atoms with Gasteiger partial charge in [0.05, 0.1) is 6.61 Å². The molecule has 1 fully saturated rings. The lowest BCUT2D eigenvalue weighted by Gasteiger charge is -2.40. The van der Waals surface area contributed by atoms with Gasteiger partial charge >= 0.3 is 0 Å². The molecule has 1 unspecified atom stereocenters. The van der Waals surface area contributed by atoms with Crippen LogP contribution in [0, 0.1) is 11.3 Å². The third-order valence-corrected chi connectivity index (χ3v) is 3.31. The van der Waals surface area contributed by atoms with E-state index in [1.807, 2.05) is 0 Å². The fourth-order valence-electron chi connectivity index (χ4n) is 2.11. The van der Waals surface area contributed by atoms with E-state index in [0.717, 1.165) is 39.4 Å². The van der Waals surface area contributed by atoms with Crippen molar-refractivity contribution in [1.29, 1.82) is 0 Å². The zero-order valence-electron chi connectivity index (χ0n) is 12.3. The van der Waals surface area contributed by atoms with E-state index in [0.29, 0.717) is 17.4 Å². The lowest BCUT2D eigenvalue weighted by Crippen LogP contribution is -2.56. The molecule has 1 atom stereocenters. The number of rotatable bonds is 5. The molecule has 0 spiro atoms. The van der Waals surface area contributed by atoms with Crippen LogP contribution in [-0.2, 0) is 4.74 Å². The predicted octanol–water partition coefficient (Wildman–Crippen LogP) is 1.98. The maximum atomic E-state index is 5.66. The second-order valence-electron chi connectivity index (χ2n) is 6.64. The molecule has 1 rings (SSSR count). The van der Waals surface area contributed by atoms with Gasteiger partial charge < -0.3 is 10.1 Å². The molecule has 102 valence electrons. The molecule has 0 aromatic heterocycles. The zero-order valence-corrected chi connectivity index (χ0v) is 12.3. The summed E-state index contributed by atoms with van der Waals surface area (Å²) in [4.78, 5) is 2.52. The summed E-state index contributed by atoms with van der Waals surface area (Å²) in [6, 6.07) is 0.598. The highest BCUT2D eigenvalue weighted by molar-refractivity contribution is 4.87. The Morgan fingerprint density at radius 3 is 2.65 bits per heavy atom. The summed E-state index contributed by atoms with van der Waals surface area (Å²) in [6.45, 7) is 17.5. The van der Waals surface area contributed by atoms with Crippen LogP contribution in [0.5, 0.6) is 0 Å². The highest BCUT2D eigenvalue weighted by Crippen LogP contribution is 2.21. The van der Waals surface area contributed by atoms with E-state index in [-0.39, 0.29) is 0 Å². The second kappa shape index (κ2) is 6.72. The van der Waals surface area contributed by atoms with Crippen molar-refractivity contribution >= 4 is 0 Å². The topological polar surface area (TPSA) is 24.5 Å². The van der Waals surface area contributed by atoms with Crippen molar-refractivity contribution in [3.05, 3.63) is 0 Å². The molecule has 0 bridgehead atoms. The Morgan fingerprint density at radius 1 is 1.35 bits per heavy atom. The molecule has 1 aliphatic heterocycles. The molecule has 0 aromatic carbocycles. The van der Waals surface area contributed by atoms with Crippen LogP contribution in [0.4, 0.5) is 0 Å². The standard InChI is InChI=1S/C14H30N2O/c1-12(2)11-17-9-8-16-7-6-15-13(10-16)14(3,4)5/h12-13,15H,6-11H2,1-5H3. The van der Waals surface area contributed by atoms with E-state index in [9.17, 15) is 0 Å². The minimum atomic E-state index is 0.345.